The van der Waals surface area contributed by atoms with Crippen molar-refractivity contribution in [2.75, 3.05) is 0 Å². The van der Waals surface area contributed by atoms with Gasteiger partial charge in [-0.3, -0.25) is 0 Å². The number of benzene rings is 4. The molecule has 0 aliphatic carbocycles. The summed E-state index contributed by atoms with van der Waals surface area (Å²) >= 11 is 0. The molecule has 7 heteroatoms. The molecule has 0 saturated heterocycles. The van der Waals surface area contributed by atoms with Crippen molar-refractivity contribution in [3.8, 4) is 0 Å². The van der Waals surface area contributed by atoms with Gasteiger partial charge in [0.1, 0.15) is 0 Å². The largest absolute Gasteiger partial charge is 1.00 e. The predicted octanol–water partition coefficient (Wildman–Crippen LogP) is 7.12. The summed E-state index contributed by atoms with van der Waals surface area (Å²) in [6.07, 6.45) is 5.23. The third-order valence-electron chi connectivity index (χ3n) is 4.37. The predicted molar refractivity (Wildman–Crippen MR) is 158 cm³/mol. The number of hydrogen-bond acceptors (Lipinski definition) is 0. The molecule has 212 valence electrons. The minimum atomic E-state index is 0. The van der Waals surface area contributed by atoms with Crippen molar-refractivity contribution < 1.29 is 55.2 Å². The van der Waals surface area contributed by atoms with Crippen molar-refractivity contribution >= 4 is 25.3 Å². The van der Waals surface area contributed by atoms with Gasteiger partial charge in [0.05, 0.1) is 0 Å². The van der Waals surface area contributed by atoms with Gasteiger partial charge in [0.2, 0.25) is 0 Å². The Bertz CT molecular complexity index is 1190. The molecule has 0 amide bonds. The SMILES string of the molecule is [C-]#[O+].[C-]#[O+].[C-]#[O+].[C-]#[O+].[C-](=Cc1ccccc1)c1ccccc1.[Mn].[Ru+].c1cc[cH-]c1.c1ccc(Pc2ccccc2)cc1. The van der Waals surface area contributed by atoms with Crippen LogP contribution in [0.2, 0.25) is 0 Å². The Morgan fingerprint density at radius 3 is 1.17 bits per heavy atom. The summed E-state index contributed by atoms with van der Waals surface area (Å²) in [7, 11) is 0.777. The van der Waals surface area contributed by atoms with Crippen molar-refractivity contribution in [1.82, 2.24) is 0 Å². The number of rotatable bonds is 4. The second-order valence-corrected chi connectivity index (χ2v) is 8.29. The maximum Gasteiger partial charge on any atom is 1.00 e. The Morgan fingerprint density at radius 2 is 0.833 bits per heavy atom. The minimum absolute atomic E-state index is 0. The molecule has 0 aliphatic heterocycles. The van der Waals surface area contributed by atoms with E-state index in [2.05, 4.69) is 105 Å². The Morgan fingerprint density at radius 1 is 0.500 bits per heavy atom. The van der Waals surface area contributed by atoms with E-state index in [1.807, 2.05) is 84.9 Å². The van der Waals surface area contributed by atoms with E-state index < -0.39 is 0 Å². The average molecular weight is 699 g/mol. The zero-order valence-electron chi connectivity index (χ0n) is 22.4. The molecule has 0 spiro atoms. The normalized spacial score (nSPS) is 7.71. The van der Waals surface area contributed by atoms with Crippen molar-refractivity contribution in [2.45, 2.75) is 0 Å². The molecule has 0 fully saturated rings. The van der Waals surface area contributed by atoms with Crippen LogP contribution in [0.15, 0.2) is 152 Å². The molecule has 0 bridgehead atoms. The molecule has 0 heterocycles. The van der Waals surface area contributed by atoms with Crippen LogP contribution in [-0.4, -0.2) is 0 Å². The van der Waals surface area contributed by atoms with Crippen LogP contribution in [0, 0.1) is 32.7 Å². The quantitative estimate of drug-likeness (QED) is 0.0631. The molecule has 0 aromatic heterocycles. The Balaban J connectivity index is -0.000000238. The van der Waals surface area contributed by atoms with Gasteiger partial charge < -0.3 is 0 Å². The fraction of sp³-hybridized carbons (Fsp3) is 0. The standard InChI is InChI=1S/C14H11.C12H11P.C5H5.4CO.Mn.Ru/c1-3-7-13(8-4-1)11-12-14-9-5-2-6-10-14;1-3-7-11(8-4-1)13-12-9-5-2-6-10-12;1-2-4-5-3-1;4*1-2;;/h1-11H;1-10,13H;1-5H;;;;;;/q-1;;-1;;;;;;+1. The third-order valence-corrected chi connectivity index (χ3v) is 5.61. The zero-order chi connectivity index (χ0) is 30.1. The molecule has 5 aromatic carbocycles. The molecule has 4 nitrogen and oxygen atoms in total. The van der Waals surface area contributed by atoms with E-state index in [0.29, 0.717) is 0 Å². The first-order valence-electron chi connectivity index (χ1n) is 11.5. The van der Waals surface area contributed by atoms with Crippen molar-refractivity contribution in [3.05, 3.63) is 195 Å². The van der Waals surface area contributed by atoms with Gasteiger partial charge in [-0.25, -0.2) is 12.1 Å². The zero-order valence-corrected chi connectivity index (χ0v) is 26.3. The Kier molecular flexibility index (Phi) is 40.6. The molecule has 0 unspecified atom stereocenters. The summed E-state index contributed by atoms with van der Waals surface area (Å²) < 4.78 is 30.0. The van der Waals surface area contributed by atoms with Crippen molar-refractivity contribution in [1.29, 1.82) is 0 Å². The first-order valence-corrected chi connectivity index (χ1v) is 12.5. The average Bonchev–Trinajstić information content (AvgIpc) is 3.67. The maximum absolute atomic E-state index is 7.50. The van der Waals surface area contributed by atoms with E-state index in [-0.39, 0.29) is 36.5 Å². The molecule has 0 N–H and O–H groups in total. The number of hydrogen-bond donors (Lipinski definition) is 0. The molecular formula is C35H27MnO4PRu-. The van der Waals surface area contributed by atoms with Crippen molar-refractivity contribution in [3.63, 3.8) is 0 Å². The monoisotopic (exact) mass is 699 g/mol. The summed E-state index contributed by atoms with van der Waals surface area (Å²) in [5.74, 6) is 0. The van der Waals surface area contributed by atoms with Gasteiger partial charge in [-0.15, -0.1) is 42.0 Å². The first kappa shape index (κ1) is 45.5. The van der Waals surface area contributed by atoms with Gasteiger partial charge in [-0.2, -0.15) is 18.2 Å². The van der Waals surface area contributed by atoms with Gasteiger partial charge in [0.15, 0.2) is 0 Å². The van der Waals surface area contributed by atoms with Crippen LogP contribution in [0.4, 0.5) is 0 Å². The van der Waals surface area contributed by atoms with E-state index in [1.165, 1.54) is 16.2 Å². The maximum atomic E-state index is 7.50. The summed E-state index contributed by atoms with van der Waals surface area (Å²) in [4.78, 5) is 0. The molecular weight excluding hydrogens is 671 g/mol. The van der Waals surface area contributed by atoms with Crippen LogP contribution < -0.4 is 10.6 Å². The van der Waals surface area contributed by atoms with E-state index in [9.17, 15) is 0 Å². The van der Waals surface area contributed by atoms with Crippen LogP contribution in [0.1, 0.15) is 11.1 Å². The smallest absolute Gasteiger partial charge is 0.214 e. The fourth-order valence-electron chi connectivity index (χ4n) is 2.78. The van der Waals surface area contributed by atoms with Crippen LogP contribution in [0.5, 0.6) is 0 Å². The second kappa shape index (κ2) is 37.5. The molecule has 0 atom stereocenters. The molecule has 0 saturated carbocycles. The van der Waals surface area contributed by atoms with Crippen LogP contribution in [0.25, 0.3) is 6.08 Å². The Labute approximate surface area is 274 Å². The van der Waals surface area contributed by atoms with Crippen LogP contribution >= 0.6 is 8.58 Å². The topological polar surface area (TPSA) is 79.6 Å². The second-order valence-electron chi connectivity index (χ2n) is 6.88. The van der Waals surface area contributed by atoms with Gasteiger partial charge in [-0.05, 0) is 10.6 Å². The fourth-order valence-corrected chi connectivity index (χ4v) is 3.83. The third kappa shape index (κ3) is 25.5. The molecule has 5 aromatic rings. The molecule has 42 heavy (non-hydrogen) atoms. The molecule has 2 radical (unpaired) electrons. The van der Waals surface area contributed by atoms with Gasteiger partial charge in [0, 0.05) is 17.1 Å². The minimum Gasteiger partial charge on any atom is -0.214 e. The van der Waals surface area contributed by atoms with E-state index >= 15 is 0 Å². The summed E-state index contributed by atoms with van der Waals surface area (Å²) in [6, 6.07) is 51.5. The van der Waals surface area contributed by atoms with Gasteiger partial charge in [0.25, 0.3) is 0 Å². The van der Waals surface area contributed by atoms with E-state index in [1.54, 1.807) is 0 Å². The van der Waals surface area contributed by atoms with Gasteiger partial charge in [-0.1, -0.05) is 111 Å². The summed E-state index contributed by atoms with van der Waals surface area (Å²) in [5, 5.41) is 2.79. The molecule has 5 rings (SSSR count). The first-order chi connectivity index (χ1) is 19.9. The Hall–Kier alpha value is -3.50. The van der Waals surface area contributed by atoms with Crippen LogP contribution in [0.3, 0.4) is 0 Å². The van der Waals surface area contributed by atoms with E-state index in [0.717, 1.165) is 14.1 Å². The van der Waals surface area contributed by atoms with Gasteiger partial charge >= 0.3 is 64.7 Å². The van der Waals surface area contributed by atoms with E-state index in [4.69, 9.17) is 18.6 Å². The van der Waals surface area contributed by atoms with Crippen molar-refractivity contribution in [2.24, 2.45) is 0 Å². The summed E-state index contributed by atoms with van der Waals surface area (Å²) in [6.45, 7) is 18.0. The summed E-state index contributed by atoms with van der Waals surface area (Å²) in [5.41, 5.74) is 2.28. The molecule has 0 aliphatic rings. The van der Waals surface area contributed by atoms with Crippen LogP contribution in [-0.2, 0) is 55.2 Å².